The predicted molar refractivity (Wildman–Crippen MR) is 78.6 cm³/mol. The minimum atomic E-state index is -3.91. The topological polar surface area (TPSA) is 69.4 Å². The first kappa shape index (κ1) is 15.1. The van der Waals surface area contributed by atoms with E-state index in [9.17, 15) is 8.42 Å². The number of rotatable bonds is 4. The molecule has 2 aromatic carbocycles. The molecule has 0 unspecified atom stereocenters. The van der Waals surface area contributed by atoms with Crippen molar-refractivity contribution in [2.75, 3.05) is 0 Å². The fourth-order valence-corrected chi connectivity index (χ4v) is 2.95. The number of ether oxygens (including phenoxy) is 1. The summed E-state index contributed by atoms with van der Waals surface area (Å²) in [5.74, 6) is 0.299. The second-order valence-electron chi connectivity index (χ2n) is 4.03. The van der Waals surface area contributed by atoms with Gasteiger partial charge in [-0.3, -0.25) is 0 Å². The van der Waals surface area contributed by atoms with Crippen molar-refractivity contribution in [3.8, 4) is 5.75 Å². The zero-order valence-corrected chi connectivity index (χ0v) is 12.5. The van der Waals surface area contributed by atoms with Crippen LogP contribution >= 0.6 is 23.2 Å². The Bertz CT molecular complexity index is 718. The van der Waals surface area contributed by atoms with Gasteiger partial charge in [0.2, 0.25) is 10.0 Å². The standard InChI is InChI=1S/C13H11Cl2NO3S/c14-10-7-13(20(16,17)18)11(15)6-12(10)19-8-9-4-2-1-3-5-9/h1-7H,8H2,(H2,16,17,18). The molecule has 0 radical (unpaired) electrons. The number of primary sulfonamides is 1. The summed E-state index contributed by atoms with van der Waals surface area (Å²) in [6, 6.07) is 12.0. The number of hydrogen-bond acceptors (Lipinski definition) is 3. The van der Waals surface area contributed by atoms with Gasteiger partial charge in [-0.1, -0.05) is 53.5 Å². The summed E-state index contributed by atoms with van der Waals surface area (Å²) < 4.78 is 28.1. The van der Waals surface area contributed by atoms with E-state index in [1.807, 2.05) is 30.3 Å². The van der Waals surface area contributed by atoms with E-state index in [4.69, 9.17) is 33.1 Å². The van der Waals surface area contributed by atoms with Gasteiger partial charge in [0.05, 0.1) is 10.0 Å². The molecule has 106 valence electrons. The Morgan fingerprint density at radius 3 is 2.30 bits per heavy atom. The molecule has 4 nitrogen and oxygen atoms in total. The van der Waals surface area contributed by atoms with Crippen molar-refractivity contribution in [1.82, 2.24) is 0 Å². The monoisotopic (exact) mass is 331 g/mol. The number of hydrogen-bond donors (Lipinski definition) is 1. The molecule has 2 rings (SSSR count). The van der Waals surface area contributed by atoms with Crippen molar-refractivity contribution in [2.45, 2.75) is 11.5 Å². The lowest BCUT2D eigenvalue weighted by Gasteiger charge is -2.10. The van der Waals surface area contributed by atoms with Gasteiger partial charge in [0.1, 0.15) is 17.3 Å². The highest BCUT2D eigenvalue weighted by Gasteiger charge is 2.16. The Morgan fingerprint density at radius 1 is 1.05 bits per heavy atom. The smallest absolute Gasteiger partial charge is 0.239 e. The van der Waals surface area contributed by atoms with Crippen LogP contribution in [0.15, 0.2) is 47.4 Å². The van der Waals surface area contributed by atoms with Crippen LogP contribution in [0.25, 0.3) is 0 Å². The zero-order valence-electron chi connectivity index (χ0n) is 10.2. The van der Waals surface area contributed by atoms with Crippen molar-refractivity contribution in [1.29, 1.82) is 0 Å². The molecule has 0 atom stereocenters. The van der Waals surface area contributed by atoms with E-state index in [2.05, 4.69) is 0 Å². The molecular formula is C13H11Cl2NO3S. The van der Waals surface area contributed by atoms with Crippen molar-refractivity contribution >= 4 is 33.2 Å². The van der Waals surface area contributed by atoms with Crippen molar-refractivity contribution < 1.29 is 13.2 Å². The van der Waals surface area contributed by atoms with Crippen LogP contribution in [0.1, 0.15) is 5.56 Å². The van der Waals surface area contributed by atoms with Crippen molar-refractivity contribution in [3.63, 3.8) is 0 Å². The fourth-order valence-electron chi connectivity index (χ4n) is 1.57. The van der Waals surface area contributed by atoms with Gasteiger partial charge in [-0.15, -0.1) is 0 Å². The zero-order chi connectivity index (χ0) is 14.8. The Kier molecular flexibility index (Phi) is 4.55. The van der Waals surface area contributed by atoms with Gasteiger partial charge in [0, 0.05) is 6.07 Å². The summed E-state index contributed by atoms with van der Waals surface area (Å²) in [5, 5.41) is 5.14. The Balaban J connectivity index is 2.24. The summed E-state index contributed by atoms with van der Waals surface area (Å²) in [5.41, 5.74) is 0.954. The lowest BCUT2D eigenvalue weighted by molar-refractivity contribution is 0.306. The second-order valence-corrected chi connectivity index (χ2v) is 6.38. The molecule has 0 amide bonds. The molecule has 2 aromatic rings. The molecular weight excluding hydrogens is 321 g/mol. The summed E-state index contributed by atoms with van der Waals surface area (Å²) in [4.78, 5) is -0.226. The minimum Gasteiger partial charge on any atom is -0.487 e. The second kappa shape index (κ2) is 6.01. The summed E-state index contributed by atoms with van der Waals surface area (Å²) in [7, 11) is -3.91. The van der Waals surface area contributed by atoms with E-state index in [1.54, 1.807) is 0 Å². The van der Waals surface area contributed by atoms with Crippen molar-refractivity contribution in [2.24, 2.45) is 5.14 Å². The Morgan fingerprint density at radius 2 is 1.70 bits per heavy atom. The van der Waals surface area contributed by atoms with E-state index in [0.29, 0.717) is 12.4 Å². The van der Waals surface area contributed by atoms with Crippen molar-refractivity contribution in [3.05, 3.63) is 58.1 Å². The van der Waals surface area contributed by atoms with Crippen LogP contribution in [-0.2, 0) is 16.6 Å². The number of nitrogens with two attached hydrogens (primary N) is 1. The molecule has 0 aromatic heterocycles. The van der Waals surface area contributed by atoms with E-state index in [-0.39, 0.29) is 14.9 Å². The molecule has 0 saturated carbocycles. The van der Waals surface area contributed by atoms with Gasteiger partial charge in [-0.05, 0) is 11.6 Å². The molecule has 0 fully saturated rings. The lowest BCUT2D eigenvalue weighted by Crippen LogP contribution is -2.12. The fraction of sp³-hybridized carbons (Fsp3) is 0.0769. The van der Waals surface area contributed by atoms with Gasteiger partial charge in [-0.2, -0.15) is 0 Å². The molecule has 20 heavy (non-hydrogen) atoms. The first-order chi connectivity index (χ1) is 9.38. The van der Waals surface area contributed by atoms with Crippen LogP contribution in [0, 0.1) is 0 Å². The highest BCUT2D eigenvalue weighted by atomic mass is 35.5. The largest absolute Gasteiger partial charge is 0.487 e. The normalized spacial score (nSPS) is 11.3. The molecule has 2 N–H and O–H groups in total. The minimum absolute atomic E-state index is 0.0278. The van der Waals surface area contributed by atoms with Gasteiger partial charge in [-0.25, -0.2) is 13.6 Å². The van der Waals surface area contributed by atoms with E-state index < -0.39 is 10.0 Å². The van der Waals surface area contributed by atoms with Gasteiger partial charge in [0.15, 0.2) is 0 Å². The number of sulfonamides is 1. The maximum Gasteiger partial charge on any atom is 0.239 e. The maximum atomic E-state index is 11.3. The lowest BCUT2D eigenvalue weighted by atomic mass is 10.2. The molecule has 0 aliphatic heterocycles. The first-order valence-electron chi connectivity index (χ1n) is 5.56. The third kappa shape index (κ3) is 3.64. The number of halogens is 2. The molecule has 0 spiro atoms. The van der Waals surface area contributed by atoms with E-state index in [1.165, 1.54) is 12.1 Å². The first-order valence-corrected chi connectivity index (χ1v) is 7.87. The summed E-state index contributed by atoms with van der Waals surface area (Å²) in [6.45, 7) is 0.297. The molecule has 0 saturated heterocycles. The maximum absolute atomic E-state index is 11.3. The third-order valence-corrected chi connectivity index (χ3v) is 4.20. The van der Waals surface area contributed by atoms with Crippen LogP contribution < -0.4 is 9.88 Å². The highest BCUT2D eigenvalue weighted by Crippen LogP contribution is 2.33. The van der Waals surface area contributed by atoms with Crippen LogP contribution in [-0.4, -0.2) is 8.42 Å². The summed E-state index contributed by atoms with van der Waals surface area (Å²) >= 11 is 11.8. The van der Waals surface area contributed by atoms with Crippen LogP contribution in [0.2, 0.25) is 10.0 Å². The van der Waals surface area contributed by atoms with Gasteiger partial charge < -0.3 is 4.74 Å². The van der Waals surface area contributed by atoms with Gasteiger partial charge in [0.25, 0.3) is 0 Å². The summed E-state index contributed by atoms with van der Waals surface area (Å²) in [6.07, 6.45) is 0. The Hall–Kier alpha value is -1.27. The molecule has 0 aliphatic carbocycles. The van der Waals surface area contributed by atoms with Crippen LogP contribution in [0.5, 0.6) is 5.75 Å². The predicted octanol–water partition coefficient (Wildman–Crippen LogP) is 3.22. The molecule has 0 heterocycles. The number of benzene rings is 2. The highest BCUT2D eigenvalue weighted by molar-refractivity contribution is 7.89. The average molecular weight is 332 g/mol. The average Bonchev–Trinajstić information content (AvgIpc) is 2.39. The van der Waals surface area contributed by atoms with Crippen LogP contribution in [0.3, 0.4) is 0 Å². The Labute approximate surface area is 127 Å². The quantitative estimate of drug-likeness (QED) is 0.935. The van der Waals surface area contributed by atoms with Gasteiger partial charge >= 0.3 is 0 Å². The molecule has 0 bridgehead atoms. The SMILES string of the molecule is NS(=O)(=O)c1cc(Cl)c(OCc2ccccc2)cc1Cl. The molecule has 0 aliphatic rings. The third-order valence-electron chi connectivity index (χ3n) is 2.53. The van der Waals surface area contributed by atoms with Crippen LogP contribution in [0.4, 0.5) is 0 Å². The van der Waals surface area contributed by atoms with E-state index in [0.717, 1.165) is 5.56 Å². The van der Waals surface area contributed by atoms with E-state index >= 15 is 0 Å². The molecule has 7 heteroatoms.